The molecule has 7 nitrogen and oxygen atoms in total. The molecular weight excluding hydrogens is 337 g/mol. The Morgan fingerprint density at radius 2 is 1.81 bits per heavy atom. The van der Waals surface area contributed by atoms with E-state index in [2.05, 4.69) is 25.8 Å². The van der Waals surface area contributed by atoms with Gasteiger partial charge in [0.25, 0.3) is 5.91 Å². The lowest BCUT2D eigenvalue weighted by atomic mass is 10.2. The number of methoxy groups -OCH3 is 1. The van der Waals surface area contributed by atoms with Gasteiger partial charge in [0.15, 0.2) is 17.3 Å². The summed E-state index contributed by atoms with van der Waals surface area (Å²) in [7, 11) is 1.62. The lowest BCUT2D eigenvalue weighted by Gasteiger charge is -2.07. The molecule has 0 aliphatic heterocycles. The number of hydrogen-bond acceptors (Lipinski definition) is 6. The molecule has 2 aromatic heterocycles. The monoisotopic (exact) mass is 353 g/mol. The highest BCUT2D eigenvalue weighted by molar-refractivity contribution is 6.02. The Bertz CT molecular complexity index is 885. The maximum absolute atomic E-state index is 13.5. The number of nitrogens with one attached hydrogen (secondary N) is 2. The molecule has 8 heteroatoms. The molecule has 0 radical (unpaired) electrons. The summed E-state index contributed by atoms with van der Waals surface area (Å²) in [5, 5.41) is 13.5. The van der Waals surface area contributed by atoms with Crippen LogP contribution in [0.3, 0.4) is 0 Å². The standard InChI is InChI=1S/C18H16FN5O2/c1-26-13-6-4-12(5-7-13)11-21-15-8-9-16(24-23-15)22-18(25)17-14(19)3-2-10-20-17/h2-10H,11H2,1H3,(H,21,23)(H,22,24,25). The first-order chi connectivity index (χ1) is 12.7. The lowest BCUT2D eigenvalue weighted by Crippen LogP contribution is -2.16. The number of carbonyl (C=O) groups excluding carboxylic acids is 1. The number of anilines is 2. The van der Waals surface area contributed by atoms with Crippen LogP contribution in [-0.2, 0) is 6.54 Å². The second-order valence-corrected chi connectivity index (χ2v) is 5.29. The van der Waals surface area contributed by atoms with Crippen LogP contribution in [0.15, 0.2) is 54.7 Å². The van der Waals surface area contributed by atoms with Gasteiger partial charge >= 0.3 is 0 Å². The SMILES string of the molecule is COc1ccc(CNc2ccc(NC(=O)c3ncccc3F)nn2)cc1. The van der Waals surface area contributed by atoms with Crippen molar-refractivity contribution in [2.45, 2.75) is 6.54 Å². The minimum atomic E-state index is -0.698. The van der Waals surface area contributed by atoms with Crippen molar-refractivity contribution in [2.75, 3.05) is 17.7 Å². The molecule has 1 amide bonds. The van der Waals surface area contributed by atoms with Gasteiger partial charge in [0, 0.05) is 12.7 Å². The van der Waals surface area contributed by atoms with Crippen LogP contribution in [0.25, 0.3) is 0 Å². The lowest BCUT2D eigenvalue weighted by molar-refractivity contribution is 0.101. The van der Waals surface area contributed by atoms with Crippen LogP contribution in [0.1, 0.15) is 16.1 Å². The number of benzene rings is 1. The Hall–Kier alpha value is -3.55. The highest BCUT2D eigenvalue weighted by Crippen LogP contribution is 2.13. The van der Waals surface area contributed by atoms with Crippen LogP contribution in [0.2, 0.25) is 0 Å². The third kappa shape index (κ3) is 4.29. The maximum Gasteiger partial charge on any atom is 0.278 e. The van der Waals surface area contributed by atoms with Crippen molar-refractivity contribution in [3.05, 3.63) is 71.8 Å². The van der Waals surface area contributed by atoms with Crippen LogP contribution in [0, 0.1) is 5.82 Å². The summed E-state index contributed by atoms with van der Waals surface area (Å²) in [5.74, 6) is 0.156. The average Bonchev–Trinajstić information content (AvgIpc) is 2.68. The third-order valence-corrected chi connectivity index (χ3v) is 3.51. The molecule has 0 unspecified atom stereocenters. The summed E-state index contributed by atoms with van der Waals surface area (Å²) in [6.07, 6.45) is 1.34. The first kappa shape index (κ1) is 17.3. The van der Waals surface area contributed by atoms with E-state index in [1.807, 2.05) is 24.3 Å². The van der Waals surface area contributed by atoms with Crippen molar-refractivity contribution in [2.24, 2.45) is 0 Å². The minimum absolute atomic E-state index is 0.204. The van der Waals surface area contributed by atoms with E-state index in [1.165, 1.54) is 18.3 Å². The predicted octanol–water partition coefficient (Wildman–Crippen LogP) is 2.88. The first-order valence-electron chi connectivity index (χ1n) is 7.78. The molecule has 132 valence electrons. The fourth-order valence-electron chi connectivity index (χ4n) is 2.16. The molecule has 2 heterocycles. The molecule has 0 fully saturated rings. The van der Waals surface area contributed by atoms with Crippen molar-refractivity contribution in [3.8, 4) is 5.75 Å². The Kier molecular flexibility index (Phi) is 5.33. The predicted molar refractivity (Wildman–Crippen MR) is 94.5 cm³/mol. The quantitative estimate of drug-likeness (QED) is 0.708. The van der Waals surface area contributed by atoms with Crippen molar-refractivity contribution >= 4 is 17.5 Å². The molecule has 0 saturated carbocycles. The zero-order chi connectivity index (χ0) is 18.4. The molecule has 0 spiro atoms. The van der Waals surface area contributed by atoms with Crippen molar-refractivity contribution in [1.29, 1.82) is 0 Å². The van der Waals surface area contributed by atoms with Gasteiger partial charge in [-0.05, 0) is 42.0 Å². The molecule has 0 saturated heterocycles. The first-order valence-corrected chi connectivity index (χ1v) is 7.78. The fraction of sp³-hybridized carbons (Fsp3) is 0.111. The highest BCUT2D eigenvalue weighted by atomic mass is 19.1. The second kappa shape index (κ2) is 8.02. The Morgan fingerprint density at radius 3 is 2.46 bits per heavy atom. The van der Waals surface area contributed by atoms with Gasteiger partial charge in [-0.2, -0.15) is 0 Å². The van der Waals surface area contributed by atoms with Gasteiger partial charge in [0.1, 0.15) is 11.6 Å². The Labute approximate surface area is 149 Å². The molecule has 3 aromatic rings. The van der Waals surface area contributed by atoms with Crippen molar-refractivity contribution in [3.63, 3.8) is 0 Å². The summed E-state index contributed by atoms with van der Waals surface area (Å²) < 4.78 is 18.6. The van der Waals surface area contributed by atoms with Crippen LogP contribution in [-0.4, -0.2) is 28.2 Å². The minimum Gasteiger partial charge on any atom is -0.497 e. The largest absolute Gasteiger partial charge is 0.497 e. The molecule has 0 bridgehead atoms. The van der Waals surface area contributed by atoms with Crippen LogP contribution >= 0.6 is 0 Å². The van der Waals surface area contributed by atoms with E-state index in [-0.39, 0.29) is 11.5 Å². The van der Waals surface area contributed by atoms with Crippen molar-refractivity contribution < 1.29 is 13.9 Å². The number of hydrogen-bond donors (Lipinski definition) is 2. The second-order valence-electron chi connectivity index (χ2n) is 5.29. The van der Waals surface area contributed by atoms with E-state index in [0.29, 0.717) is 12.4 Å². The van der Waals surface area contributed by atoms with Gasteiger partial charge in [-0.1, -0.05) is 12.1 Å². The molecule has 2 N–H and O–H groups in total. The zero-order valence-electron chi connectivity index (χ0n) is 13.9. The summed E-state index contributed by atoms with van der Waals surface area (Å²) in [6.45, 7) is 0.559. The summed E-state index contributed by atoms with van der Waals surface area (Å²) in [4.78, 5) is 15.7. The maximum atomic E-state index is 13.5. The number of nitrogens with zero attached hydrogens (tertiary/aromatic N) is 3. The number of amides is 1. The van der Waals surface area contributed by atoms with Gasteiger partial charge in [0.05, 0.1) is 7.11 Å². The average molecular weight is 353 g/mol. The summed E-state index contributed by atoms with van der Waals surface area (Å²) in [6, 6.07) is 13.4. The highest BCUT2D eigenvalue weighted by Gasteiger charge is 2.13. The third-order valence-electron chi connectivity index (χ3n) is 3.51. The number of ether oxygens (including phenoxy) is 1. The molecular formula is C18H16FN5O2. The molecule has 26 heavy (non-hydrogen) atoms. The Balaban J connectivity index is 1.57. The van der Waals surface area contributed by atoms with E-state index >= 15 is 0 Å². The van der Waals surface area contributed by atoms with E-state index < -0.39 is 11.7 Å². The number of carbonyl (C=O) groups is 1. The topological polar surface area (TPSA) is 89.0 Å². The van der Waals surface area contributed by atoms with E-state index in [0.717, 1.165) is 11.3 Å². The van der Waals surface area contributed by atoms with Gasteiger partial charge < -0.3 is 15.4 Å². The van der Waals surface area contributed by atoms with Crippen molar-refractivity contribution in [1.82, 2.24) is 15.2 Å². The number of aromatic nitrogens is 3. The molecule has 0 aliphatic carbocycles. The van der Waals surface area contributed by atoms with Gasteiger partial charge in [0.2, 0.25) is 0 Å². The van der Waals surface area contributed by atoms with Gasteiger partial charge in [-0.15, -0.1) is 10.2 Å². The van der Waals surface area contributed by atoms with E-state index in [1.54, 1.807) is 19.2 Å². The van der Waals surface area contributed by atoms with Gasteiger partial charge in [-0.25, -0.2) is 9.37 Å². The normalized spacial score (nSPS) is 10.2. The molecule has 0 atom stereocenters. The van der Waals surface area contributed by atoms with Crippen LogP contribution in [0.4, 0.5) is 16.0 Å². The summed E-state index contributed by atoms with van der Waals surface area (Å²) >= 11 is 0. The fourth-order valence-corrected chi connectivity index (χ4v) is 2.16. The molecule has 1 aromatic carbocycles. The molecule has 3 rings (SSSR count). The van der Waals surface area contributed by atoms with Crippen LogP contribution < -0.4 is 15.4 Å². The summed E-state index contributed by atoms with van der Waals surface area (Å²) in [5.41, 5.74) is 0.756. The number of pyridine rings is 1. The number of rotatable bonds is 6. The Morgan fingerprint density at radius 1 is 1.08 bits per heavy atom. The van der Waals surface area contributed by atoms with E-state index in [4.69, 9.17) is 4.74 Å². The zero-order valence-corrected chi connectivity index (χ0v) is 13.9. The smallest absolute Gasteiger partial charge is 0.278 e. The van der Waals surface area contributed by atoms with Gasteiger partial charge in [-0.3, -0.25) is 4.79 Å². The van der Waals surface area contributed by atoms with E-state index in [9.17, 15) is 9.18 Å². The molecule has 0 aliphatic rings. The number of halogens is 1. The van der Waals surface area contributed by atoms with Crippen LogP contribution in [0.5, 0.6) is 5.75 Å².